The third kappa shape index (κ3) is 5.62. The molecular weight excluding hydrogens is 423 g/mol. The summed E-state index contributed by atoms with van der Waals surface area (Å²) in [5.74, 6) is 1.01. The first-order valence-corrected chi connectivity index (χ1v) is 11.4. The minimum absolute atomic E-state index is 0.222. The van der Waals surface area contributed by atoms with Crippen LogP contribution in [0.5, 0.6) is 5.75 Å². The summed E-state index contributed by atoms with van der Waals surface area (Å²) in [5.41, 5.74) is 0.778. The summed E-state index contributed by atoms with van der Waals surface area (Å²) in [5, 5.41) is 0. The zero-order chi connectivity index (χ0) is 16.7. The van der Waals surface area contributed by atoms with Crippen LogP contribution in [-0.4, -0.2) is 54.3 Å². The highest BCUT2D eigenvalue weighted by Crippen LogP contribution is 2.25. The Balaban J connectivity index is 2.01. The zero-order valence-electron chi connectivity index (χ0n) is 13.8. The van der Waals surface area contributed by atoms with Crippen molar-refractivity contribution >= 4 is 36.1 Å². The molecule has 23 heavy (non-hydrogen) atoms. The molecule has 0 amide bonds. The summed E-state index contributed by atoms with van der Waals surface area (Å²) in [4.78, 5) is 15.1. The number of carbonyl (C=O) groups excluding carboxylic acids is 1. The number of halogens is 1. The van der Waals surface area contributed by atoms with E-state index in [-0.39, 0.29) is 5.78 Å². The van der Waals surface area contributed by atoms with Crippen molar-refractivity contribution in [2.24, 2.45) is 0 Å². The molecule has 0 radical (unpaired) electrons. The van der Waals surface area contributed by atoms with Gasteiger partial charge in [0.1, 0.15) is 5.75 Å². The van der Waals surface area contributed by atoms with Crippen LogP contribution in [0.1, 0.15) is 36.5 Å². The lowest BCUT2D eigenvalue weighted by molar-refractivity contribution is 0.0825. The molecule has 2 rings (SSSR count). The molecule has 4 nitrogen and oxygen atoms in total. The van der Waals surface area contributed by atoms with Crippen LogP contribution in [-0.2, 0) is 0 Å². The van der Waals surface area contributed by atoms with Gasteiger partial charge in [0.25, 0.3) is 0 Å². The van der Waals surface area contributed by atoms with E-state index >= 15 is 0 Å². The second-order valence-electron chi connectivity index (χ2n) is 5.86. The van der Waals surface area contributed by atoms with Crippen LogP contribution >= 0.6 is 30.3 Å². The highest BCUT2D eigenvalue weighted by Gasteiger charge is 2.28. The number of unbranched alkanes of at least 4 members (excludes halogenated alkanes) is 1. The van der Waals surface area contributed by atoms with Gasteiger partial charge in [-0.1, -0.05) is 13.3 Å². The van der Waals surface area contributed by atoms with Crippen LogP contribution in [0.2, 0.25) is 0 Å². The standard InChI is InChI=1S/C17H25IN2O2S/c1-3-4-9-19-10-11-20(23-18)13-15(19)12-17(21)14-5-7-16(22-2)8-6-14/h5-8,15H,3-4,9-13H2,1-2H3. The van der Waals surface area contributed by atoms with Crippen molar-refractivity contribution in [3.8, 4) is 5.75 Å². The first-order valence-electron chi connectivity index (χ1n) is 8.13. The molecule has 6 heteroatoms. The van der Waals surface area contributed by atoms with Crippen LogP contribution in [0.4, 0.5) is 0 Å². The topological polar surface area (TPSA) is 32.8 Å². The number of hydrogen-bond donors (Lipinski definition) is 0. The second kappa shape index (κ2) is 9.86. The molecule has 0 aromatic heterocycles. The molecule has 1 aromatic rings. The molecule has 0 spiro atoms. The van der Waals surface area contributed by atoms with E-state index in [2.05, 4.69) is 37.3 Å². The number of carbonyl (C=O) groups is 1. The molecule has 1 fully saturated rings. The van der Waals surface area contributed by atoms with E-state index < -0.39 is 0 Å². The van der Waals surface area contributed by atoms with E-state index in [1.807, 2.05) is 24.3 Å². The summed E-state index contributed by atoms with van der Waals surface area (Å²) < 4.78 is 7.52. The Bertz CT molecular complexity index is 498. The van der Waals surface area contributed by atoms with E-state index in [9.17, 15) is 4.79 Å². The molecule has 1 unspecified atom stereocenters. The molecule has 0 aliphatic carbocycles. The van der Waals surface area contributed by atoms with Gasteiger partial charge in [-0.15, -0.1) is 0 Å². The fourth-order valence-corrected chi connectivity index (χ4v) is 4.34. The average molecular weight is 448 g/mol. The molecule has 0 saturated carbocycles. The minimum Gasteiger partial charge on any atom is -0.497 e. The predicted octanol–water partition coefficient (Wildman–Crippen LogP) is 4.05. The number of Topliss-reactive ketones (excluding diaryl/α,β-unsaturated/α-hetero) is 1. The Morgan fingerprint density at radius 1 is 1.35 bits per heavy atom. The molecule has 0 bridgehead atoms. The summed E-state index contributed by atoms with van der Waals surface area (Å²) in [7, 11) is 3.39. The second-order valence-corrected chi connectivity index (χ2v) is 7.69. The number of nitrogens with zero attached hydrogens (tertiary/aromatic N) is 2. The summed E-state index contributed by atoms with van der Waals surface area (Å²) >= 11 is 2.33. The molecule has 1 saturated heterocycles. The van der Waals surface area contributed by atoms with E-state index in [1.54, 1.807) is 16.2 Å². The Kier molecular flexibility index (Phi) is 8.15. The van der Waals surface area contributed by atoms with Crippen molar-refractivity contribution in [1.29, 1.82) is 0 Å². The summed E-state index contributed by atoms with van der Waals surface area (Å²) in [6.07, 6.45) is 2.98. The Hall–Kier alpha value is -0.310. The van der Waals surface area contributed by atoms with Gasteiger partial charge in [-0.25, -0.2) is 4.31 Å². The normalized spacial score (nSPS) is 19.7. The maximum absolute atomic E-state index is 12.6. The molecule has 1 aliphatic rings. The van der Waals surface area contributed by atoms with Gasteiger partial charge in [-0.3, -0.25) is 9.69 Å². The molecule has 128 valence electrons. The molecule has 1 aromatic carbocycles. The van der Waals surface area contributed by atoms with Crippen molar-refractivity contribution in [3.05, 3.63) is 29.8 Å². The summed E-state index contributed by atoms with van der Waals surface area (Å²) in [6.45, 7) is 6.39. The molecular formula is C17H25IN2O2S. The van der Waals surface area contributed by atoms with Gasteiger partial charge >= 0.3 is 0 Å². The Labute approximate surface area is 155 Å². The molecule has 0 N–H and O–H groups in total. The fraction of sp³-hybridized carbons (Fsp3) is 0.588. The van der Waals surface area contributed by atoms with Gasteiger partial charge in [0.15, 0.2) is 5.78 Å². The van der Waals surface area contributed by atoms with Gasteiger partial charge in [0.2, 0.25) is 0 Å². The highest BCUT2D eigenvalue weighted by atomic mass is 127. The third-order valence-electron chi connectivity index (χ3n) is 4.30. The number of benzene rings is 1. The quantitative estimate of drug-likeness (QED) is 0.341. The van der Waals surface area contributed by atoms with E-state index in [0.717, 1.165) is 37.5 Å². The summed E-state index contributed by atoms with van der Waals surface area (Å²) in [6, 6.07) is 7.76. The SMILES string of the molecule is CCCCN1CCN(SI)CC1CC(=O)c1ccc(OC)cc1. The molecule has 1 atom stereocenters. The van der Waals surface area contributed by atoms with Crippen LogP contribution in [0.25, 0.3) is 0 Å². The smallest absolute Gasteiger partial charge is 0.164 e. The number of piperazine rings is 1. The number of hydrogen-bond acceptors (Lipinski definition) is 5. The van der Waals surface area contributed by atoms with Crippen molar-refractivity contribution < 1.29 is 9.53 Å². The number of ketones is 1. The third-order valence-corrected chi connectivity index (χ3v) is 6.49. The van der Waals surface area contributed by atoms with Crippen molar-refractivity contribution in [2.75, 3.05) is 33.3 Å². The fourth-order valence-electron chi connectivity index (χ4n) is 2.89. The Morgan fingerprint density at radius 2 is 2.09 bits per heavy atom. The van der Waals surface area contributed by atoms with Crippen molar-refractivity contribution in [1.82, 2.24) is 9.21 Å². The largest absolute Gasteiger partial charge is 0.497 e. The van der Waals surface area contributed by atoms with Gasteiger partial charge in [-0.2, -0.15) is 0 Å². The van der Waals surface area contributed by atoms with Gasteiger partial charge < -0.3 is 4.74 Å². The lowest BCUT2D eigenvalue weighted by atomic mass is 10.0. The molecule has 1 aliphatic heterocycles. The first-order chi connectivity index (χ1) is 11.2. The van der Waals surface area contributed by atoms with E-state index in [0.29, 0.717) is 12.5 Å². The van der Waals surface area contributed by atoms with Crippen molar-refractivity contribution in [2.45, 2.75) is 32.2 Å². The minimum atomic E-state index is 0.222. The van der Waals surface area contributed by atoms with E-state index in [1.165, 1.54) is 12.8 Å². The van der Waals surface area contributed by atoms with E-state index in [4.69, 9.17) is 4.74 Å². The maximum Gasteiger partial charge on any atom is 0.164 e. The Morgan fingerprint density at radius 3 is 2.70 bits per heavy atom. The van der Waals surface area contributed by atoms with Crippen LogP contribution in [0.15, 0.2) is 24.3 Å². The highest BCUT2D eigenvalue weighted by molar-refractivity contribution is 14.2. The average Bonchev–Trinajstić information content (AvgIpc) is 2.60. The van der Waals surface area contributed by atoms with Gasteiger partial charge in [0.05, 0.1) is 7.11 Å². The predicted molar refractivity (Wildman–Crippen MR) is 105 cm³/mol. The van der Waals surface area contributed by atoms with Gasteiger partial charge in [0, 0.05) is 58.9 Å². The number of ether oxygens (including phenoxy) is 1. The van der Waals surface area contributed by atoms with Gasteiger partial charge in [-0.05, 0) is 46.4 Å². The number of rotatable bonds is 8. The number of methoxy groups -OCH3 is 1. The lowest BCUT2D eigenvalue weighted by Crippen LogP contribution is -2.51. The van der Waals surface area contributed by atoms with Crippen molar-refractivity contribution in [3.63, 3.8) is 0 Å². The maximum atomic E-state index is 12.6. The van der Waals surface area contributed by atoms with Crippen LogP contribution in [0, 0.1) is 0 Å². The van der Waals surface area contributed by atoms with Crippen LogP contribution < -0.4 is 4.74 Å². The van der Waals surface area contributed by atoms with Crippen LogP contribution in [0.3, 0.4) is 0 Å². The lowest BCUT2D eigenvalue weighted by Gasteiger charge is -2.40. The first kappa shape index (κ1) is 19.0. The monoisotopic (exact) mass is 448 g/mol. The zero-order valence-corrected chi connectivity index (χ0v) is 16.8. The molecule has 1 heterocycles.